The SMILES string of the molecule is Cc1ccccc1C(=O)NNC(=S)NC(=O)CCC1CCCCC1. The molecule has 1 fully saturated rings. The standard InChI is InChI=1S/C18H25N3O2S/c1-13-7-5-6-10-15(13)17(23)20-21-18(24)19-16(22)12-11-14-8-3-2-4-9-14/h5-7,10,14H,2-4,8-9,11-12H2,1H3,(H,20,23)(H2,19,21,22,24). The number of nitrogens with one attached hydrogen (secondary N) is 3. The first-order valence-corrected chi connectivity index (χ1v) is 8.93. The van der Waals surface area contributed by atoms with E-state index in [2.05, 4.69) is 16.2 Å². The topological polar surface area (TPSA) is 70.2 Å². The van der Waals surface area contributed by atoms with Crippen LogP contribution in [0.3, 0.4) is 0 Å². The number of thiocarbonyl (C=S) groups is 1. The first-order valence-electron chi connectivity index (χ1n) is 8.52. The van der Waals surface area contributed by atoms with Crippen LogP contribution in [0.1, 0.15) is 60.9 Å². The predicted molar refractivity (Wildman–Crippen MR) is 98.3 cm³/mol. The normalized spacial score (nSPS) is 14.7. The van der Waals surface area contributed by atoms with Gasteiger partial charge in [-0.15, -0.1) is 0 Å². The molecule has 1 aliphatic rings. The summed E-state index contributed by atoms with van der Waals surface area (Å²) >= 11 is 5.04. The van der Waals surface area contributed by atoms with Gasteiger partial charge in [0.25, 0.3) is 5.91 Å². The Morgan fingerprint density at radius 1 is 1.12 bits per heavy atom. The van der Waals surface area contributed by atoms with E-state index in [1.165, 1.54) is 32.1 Å². The van der Waals surface area contributed by atoms with E-state index in [4.69, 9.17) is 12.2 Å². The van der Waals surface area contributed by atoms with Gasteiger partial charge in [0.1, 0.15) is 0 Å². The van der Waals surface area contributed by atoms with Crippen LogP contribution in [0.2, 0.25) is 0 Å². The Labute approximate surface area is 148 Å². The molecule has 0 saturated heterocycles. The molecule has 0 aliphatic heterocycles. The summed E-state index contributed by atoms with van der Waals surface area (Å²) in [5.41, 5.74) is 6.52. The van der Waals surface area contributed by atoms with Crippen LogP contribution in [0.4, 0.5) is 0 Å². The number of hydrogen-bond acceptors (Lipinski definition) is 3. The molecule has 1 aromatic carbocycles. The molecule has 0 spiro atoms. The van der Waals surface area contributed by atoms with E-state index < -0.39 is 0 Å². The zero-order chi connectivity index (χ0) is 17.4. The fourth-order valence-corrected chi connectivity index (χ4v) is 3.20. The van der Waals surface area contributed by atoms with Crippen molar-refractivity contribution in [3.8, 4) is 0 Å². The average Bonchev–Trinajstić information content (AvgIpc) is 2.59. The largest absolute Gasteiger partial charge is 0.302 e. The zero-order valence-corrected chi connectivity index (χ0v) is 14.9. The van der Waals surface area contributed by atoms with Gasteiger partial charge in [-0.05, 0) is 43.1 Å². The number of hydrogen-bond donors (Lipinski definition) is 3. The fourth-order valence-electron chi connectivity index (χ4n) is 3.04. The van der Waals surface area contributed by atoms with Gasteiger partial charge in [-0.25, -0.2) is 0 Å². The third kappa shape index (κ3) is 5.92. The minimum atomic E-state index is -0.285. The van der Waals surface area contributed by atoms with Crippen molar-refractivity contribution < 1.29 is 9.59 Å². The highest BCUT2D eigenvalue weighted by Gasteiger charge is 2.15. The maximum absolute atomic E-state index is 12.0. The quantitative estimate of drug-likeness (QED) is 0.578. The lowest BCUT2D eigenvalue weighted by Gasteiger charge is -2.21. The van der Waals surface area contributed by atoms with E-state index in [1.807, 2.05) is 19.1 Å². The minimum Gasteiger partial charge on any atom is -0.302 e. The molecule has 0 heterocycles. The fraction of sp³-hybridized carbons (Fsp3) is 0.500. The van der Waals surface area contributed by atoms with Gasteiger partial charge < -0.3 is 5.32 Å². The number of hydrazine groups is 1. The molecule has 0 unspecified atom stereocenters. The van der Waals surface area contributed by atoms with Gasteiger partial charge in [0, 0.05) is 12.0 Å². The van der Waals surface area contributed by atoms with Crippen molar-refractivity contribution in [1.29, 1.82) is 0 Å². The Hall–Kier alpha value is -1.95. The van der Waals surface area contributed by atoms with Gasteiger partial charge in [0.05, 0.1) is 0 Å². The first kappa shape index (κ1) is 18.4. The smallest absolute Gasteiger partial charge is 0.269 e. The summed E-state index contributed by atoms with van der Waals surface area (Å²) < 4.78 is 0. The Bertz CT molecular complexity index is 598. The highest BCUT2D eigenvalue weighted by atomic mass is 32.1. The van der Waals surface area contributed by atoms with Gasteiger partial charge in [0.15, 0.2) is 5.11 Å². The molecular weight excluding hydrogens is 322 g/mol. The molecule has 1 aromatic rings. The minimum absolute atomic E-state index is 0.108. The zero-order valence-electron chi connectivity index (χ0n) is 14.1. The van der Waals surface area contributed by atoms with Gasteiger partial charge >= 0.3 is 0 Å². The van der Waals surface area contributed by atoms with Crippen LogP contribution in [0.25, 0.3) is 0 Å². The third-order valence-corrected chi connectivity index (χ3v) is 4.64. The second-order valence-corrected chi connectivity index (χ2v) is 6.72. The molecule has 6 heteroatoms. The molecule has 24 heavy (non-hydrogen) atoms. The summed E-state index contributed by atoms with van der Waals surface area (Å²) in [6.45, 7) is 1.86. The number of amides is 2. The molecular formula is C18H25N3O2S. The lowest BCUT2D eigenvalue weighted by atomic mass is 9.86. The Morgan fingerprint density at radius 2 is 1.83 bits per heavy atom. The maximum atomic E-state index is 12.0. The van der Waals surface area contributed by atoms with Crippen molar-refractivity contribution in [3.63, 3.8) is 0 Å². The number of carbonyl (C=O) groups excluding carboxylic acids is 2. The van der Waals surface area contributed by atoms with Crippen LogP contribution >= 0.6 is 12.2 Å². The monoisotopic (exact) mass is 347 g/mol. The van der Waals surface area contributed by atoms with E-state index in [0.29, 0.717) is 17.9 Å². The lowest BCUT2D eigenvalue weighted by Crippen LogP contribution is -2.48. The van der Waals surface area contributed by atoms with E-state index in [1.54, 1.807) is 12.1 Å². The Kier molecular flexibility index (Phi) is 7.18. The van der Waals surface area contributed by atoms with Crippen LogP contribution in [-0.2, 0) is 4.79 Å². The second-order valence-electron chi connectivity index (χ2n) is 6.31. The number of benzene rings is 1. The van der Waals surface area contributed by atoms with E-state index >= 15 is 0 Å². The summed E-state index contributed by atoms with van der Waals surface area (Å²) in [6, 6.07) is 7.27. The van der Waals surface area contributed by atoms with Crippen molar-refractivity contribution in [1.82, 2.24) is 16.2 Å². The van der Waals surface area contributed by atoms with Crippen molar-refractivity contribution in [2.75, 3.05) is 0 Å². The van der Waals surface area contributed by atoms with Crippen molar-refractivity contribution in [2.24, 2.45) is 5.92 Å². The summed E-state index contributed by atoms with van der Waals surface area (Å²) in [5, 5.41) is 2.72. The summed E-state index contributed by atoms with van der Waals surface area (Å²) in [4.78, 5) is 24.0. The molecule has 0 atom stereocenters. The molecule has 0 aromatic heterocycles. The molecule has 0 bridgehead atoms. The molecule has 3 N–H and O–H groups in total. The van der Waals surface area contributed by atoms with Crippen molar-refractivity contribution in [2.45, 2.75) is 51.9 Å². The van der Waals surface area contributed by atoms with Crippen LogP contribution in [-0.4, -0.2) is 16.9 Å². The highest BCUT2D eigenvalue weighted by Crippen LogP contribution is 2.27. The molecule has 130 valence electrons. The van der Waals surface area contributed by atoms with Crippen LogP contribution in [0.5, 0.6) is 0 Å². The average molecular weight is 347 g/mol. The van der Waals surface area contributed by atoms with Crippen molar-refractivity contribution >= 4 is 29.1 Å². The summed E-state index contributed by atoms with van der Waals surface area (Å²) in [5.74, 6) is 0.266. The molecule has 1 aliphatic carbocycles. The lowest BCUT2D eigenvalue weighted by molar-refractivity contribution is -0.120. The maximum Gasteiger partial charge on any atom is 0.269 e. The van der Waals surface area contributed by atoms with Crippen LogP contribution in [0, 0.1) is 12.8 Å². The Morgan fingerprint density at radius 3 is 2.54 bits per heavy atom. The molecule has 1 saturated carbocycles. The second kappa shape index (κ2) is 9.37. The number of rotatable bonds is 4. The summed E-state index contributed by atoms with van der Waals surface area (Å²) in [7, 11) is 0. The molecule has 2 rings (SSSR count). The van der Waals surface area contributed by atoms with Crippen molar-refractivity contribution in [3.05, 3.63) is 35.4 Å². The van der Waals surface area contributed by atoms with E-state index in [0.717, 1.165) is 12.0 Å². The number of carbonyl (C=O) groups is 2. The number of aryl methyl sites for hydroxylation is 1. The third-order valence-electron chi connectivity index (χ3n) is 4.44. The first-order chi connectivity index (χ1) is 11.6. The molecule has 0 radical (unpaired) electrons. The van der Waals surface area contributed by atoms with Gasteiger partial charge in [-0.3, -0.25) is 20.4 Å². The van der Waals surface area contributed by atoms with Crippen LogP contribution < -0.4 is 16.2 Å². The van der Waals surface area contributed by atoms with Gasteiger partial charge in [-0.1, -0.05) is 50.3 Å². The van der Waals surface area contributed by atoms with E-state index in [-0.39, 0.29) is 16.9 Å². The molecule has 2 amide bonds. The highest BCUT2D eigenvalue weighted by molar-refractivity contribution is 7.80. The summed E-state index contributed by atoms with van der Waals surface area (Å²) in [6.07, 6.45) is 7.69. The van der Waals surface area contributed by atoms with Gasteiger partial charge in [0.2, 0.25) is 5.91 Å². The van der Waals surface area contributed by atoms with Crippen LogP contribution in [0.15, 0.2) is 24.3 Å². The Balaban J connectivity index is 1.68. The van der Waals surface area contributed by atoms with E-state index in [9.17, 15) is 9.59 Å². The van der Waals surface area contributed by atoms with Gasteiger partial charge in [-0.2, -0.15) is 0 Å². The predicted octanol–water partition coefficient (Wildman–Crippen LogP) is 2.99. The molecule has 5 nitrogen and oxygen atoms in total.